The van der Waals surface area contributed by atoms with Crippen LogP contribution >= 0.6 is 0 Å². The summed E-state index contributed by atoms with van der Waals surface area (Å²) in [6.07, 6.45) is 3.09. The molecule has 8 nitrogen and oxygen atoms in total. The highest BCUT2D eigenvalue weighted by atomic mass is 19.4. The van der Waals surface area contributed by atoms with Gasteiger partial charge >= 0.3 is 18.1 Å². The lowest BCUT2D eigenvalue weighted by molar-refractivity contribution is -0.192. The Morgan fingerprint density at radius 2 is 1.78 bits per heavy atom. The molecule has 2 N–H and O–H groups in total. The van der Waals surface area contributed by atoms with Gasteiger partial charge in [-0.3, -0.25) is 9.59 Å². The zero-order chi connectivity index (χ0) is 23.7. The maximum Gasteiger partial charge on any atom is 0.490 e. The number of hydrogen-bond acceptors (Lipinski definition) is 4. The molecule has 1 amide bonds. The molecule has 2 heterocycles. The molecule has 1 aliphatic rings. The van der Waals surface area contributed by atoms with Crippen LogP contribution < -0.4 is 0 Å². The number of rotatable bonds is 6. The van der Waals surface area contributed by atoms with Crippen molar-refractivity contribution in [3.05, 3.63) is 54.1 Å². The third-order valence-electron chi connectivity index (χ3n) is 4.94. The smallest absolute Gasteiger partial charge is 0.481 e. The fourth-order valence-electron chi connectivity index (χ4n) is 3.34. The molecule has 174 valence electrons. The second-order valence-corrected chi connectivity index (χ2v) is 7.43. The Morgan fingerprint density at radius 1 is 1.12 bits per heavy atom. The Morgan fingerprint density at radius 3 is 2.31 bits per heavy atom. The first kappa shape index (κ1) is 24.9. The molecule has 1 unspecified atom stereocenters. The highest BCUT2D eigenvalue weighted by molar-refractivity contribution is 5.94. The zero-order valence-corrected chi connectivity index (χ0v) is 17.2. The van der Waals surface area contributed by atoms with Crippen molar-refractivity contribution in [2.75, 3.05) is 13.1 Å². The molecule has 0 radical (unpaired) electrons. The molecule has 0 aliphatic carbocycles. The van der Waals surface area contributed by atoms with Crippen LogP contribution in [0.1, 0.15) is 41.6 Å². The molecule has 1 aromatic heterocycles. The van der Waals surface area contributed by atoms with Gasteiger partial charge < -0.3 is 19.7 Å². The summed E-state index contributed by atoms with van der Waals surface area (Å²) in [5.74, 6) is -3.20. The highest BCUT2D eigenvalue weighted by Gasteiger charge is 2.38. The summed E-state index contributed by atoms with van der Waals surface area (Å²) < 4.78 is 33.7. The predicted octanol–water partition coefficient (Wildman–Crippen LogP) is 3.28. The summed E-state index contributed by atoms with van der Waals surface area (Å²) in [6.45, 7) is 2.14. The number of carbonyl (C=O) groups excluding carboxylic acids is 1. The standard InChI is InChI=1S/C19H23N3O3.C2HF3O2/c23-18(24)8-5-15-2-1-10-22(13-15)19(25)17-6-3-16(4-7-17)12-21-11-9-20-14-21;3-2(4,5)1(6)7/h3-4,6-7,9,11,14-15H,1-2,5,8,10,12-13H2,(H,23,24);(H,6,7). The molecule has 11 heteroatoms. The summed E-state index contributed by atoms with van der Waals surface area (Å²) in [5, 5.41) is 16.0. The molecule has 1 aliphatic heterocycles. The van der Waals surface area contributed by atoms with Crippen molar-refractivity contribution in [3.8, 4) is 0 Å². The number of alkyl halides is 3. The van der Waals surface area contributed by atoms with E-state index in [1.54, 1.807) is 12.5 Å². The third-order valence-corrected chi connectivity index (χ3v) is 4.94. The van der Waals surface area contributed by atoms with E-state index in [-0.39, 0.29) is 18.2 Å². The summed E-state index contributed by atoms with van der Waals surface area (Å²) >= 11 is 0. The normalized spacial score (nSPS) is 16.1. The van der Waals surface area contributed by atoms with Gasteiger partial charge in [0, 0.05) is 44.0 Å². The van der Waals surface area contributed by atoms with E-state index in [1.165, 1.54) is 0 Å². The number of amides is 1. The predicted molar refractivity (Wildman–Crippen MR) is 107 cm³/mol. The lowest BCUT2D eigenvalue weighted by Crippen LogP contribution is -2.40. The number of halogens is 3. The second kappa shape index (κ2) is 11.3. The Bertz CT molecular complexity index is 898. The van der Waals surface area contributed by atoms with Gasteiger partial charge in [-0.25, -0.2) is 9.78 Å². The number of likely N-dealkylation sites (tertiary alicyclic amines) is 1. The SMILES string of the molecule is O=C(O)C(F)(F)F.O=C(O)CCC1CCCN(C(=O)c2ccc(Cn3ccnc3)cc2)C1. The fourth-order valence-corrected chi connectivity index (χ4v) is 3.34. The molecule has 0 spiro atoms. The number of hydrogen-bond donors (Lipinski definition) is 2. The number of imidazole rings is 1. The van der Waals surface area contributed by atoms with Gasteiger partial charge in [-0.1, -0.05) is 12.1 Å². The van der Waals surface area contributed by atoms with Gasteiger partial charge in [0.1, 0.15) is 0 Å². The number of aliphatic carboxylic acids is 2. The summed E-state index contributed by atoms with van der Waals surface area (Å²) in [4.78, 5) is 38.2. The number of piperidine rings is 1. The Hall–Kier alpha value is -3.37. The quantitative estimate of drug-likeness (QED) is 0.691. The van der Waals surface area contributed by atoms with Gasteiger partial charge in [0.25, 0.3) is 5.91 Å². The molecule has 3 rings (SSSR count). The van der Waals surface area contributed by atoms with Crippen LogP contribution in [0.15, 0.2) is 43.0 Å². The molecule has 2 aromatic rings. The largest absolute Gasteiger partial charge is 0.490 e. The van der Waals surface area contributed by atoms with E-state index in [0.29, 0.717) is 18.5 Å². The second-order valence-electron chi connectivity index (χ2n) is 7.43. The first-order chi connectivity index (χ1) is 15.1. The van der Waals surface area contributed by atoms with Gasteiger partial charge in [0.05, 0.1) is 6.33 Å². The van der Waals surface area contributed by atoms with Crippen molar-refractivity contribution in [2.45, 2.75) is 38.4 Å². The molecule has 0 saturated carbocycles. The Labute approximate surface area is 182 Å². The van der Waals surface area contributed by atoms with E-state index in [1.807, 2.05) is 39.9 Å². The van der Waals surface area contributed by atoms with E-state index in [2.05, 4.69) is 4.98 Å². The molecular formula is C21H24F3N3O5. The molecule has 1 saturated heterocycles. The maximum absolute atomic E-state index is 12.7. The van der Waals surface area contributed by atoms with Gasteiger partial charge in [-0.2, -0.15) is 13.2 Å². The van der Waals surface area contributed by atoms with E-state index >= 15 is 0 Å². The third kappa shape index (κ3) is 8.05. The first-order valence-corrected chi connectivity index (χ1v) is 9.92. The molecule has 32 heavy (non-hydrogen) atoms. The minimum Gasteiger partial charge on any atom is -0.481 e. The van der Waals surface area contributed by atoms with Crippen molar-refractivity contribution >= 4 is 17.8 Å². The lowest BCUT2D eigenvalue weighted by Gasteiger charge is -2.32. The van der Waals surface area contributed by atoms with Crippen molar-refractivity contribution < 1.29 is 37.8 Å². The van der Waals surface area contributed by atoms with E-state index in [4.69, 9.17) is 15.0 Å². The van der Waals surface area contributed by atoms with Gasteiger partial charge in [0.15, 0.2) is 0 Å². The minimum absolute atomic E-state index is 0.0363. The van der Waals surface area contributed by atoms with Gasteiger partial charge in [-0.15, -0.1) is 0 Å². The van der Waals surface area contributed by atoms with E-state index in [0.717, 1.165) is 31.5 Å². The monoisotopic (exact) mass is 455 g/mol. The molecule has 0 bridgehead atoms. The van der Waals surface area contributed by atoms with Gasteiger partial charge in [0.2, 0.25) is 0 Å². The number of nitrogens with zero attached hydrogens (tertiary/aromatic N) is 3. The van der Waals surface area contributed by atoms with Crippen LogP contribution in [-0.4, -0.2) is 61.8 Å². The van der Waals surface area contributed by atoms with Crippen molar-refractivity contribution in [1.29, 1.82) is 0 Å². The molecule has 1 fully saturated rings. The highest BCUT2D eigenvalue weighted by Crippen LogP contribution is 2.22. The van der Waals surface area contributed by atoms with Crippen molar-refractivity contribution in [3.63, 3.8) is 0 Å². The van der Waals surface area contributed by atoms with Gasteiger partial charge in [-0.05, 0) is 42.9 Å². The average molecular weight is 455 g/mol. The number of carboxylic acids is 2. The van der Waals surface area contributed by atoms with Crippen LogP contribution in [0, 0.1) is 5.92 Å². The topological polar surface area (TPSA) is 113 Å². The van der Waals surface area contributed by atoms with E-state index < -0.39 is 18.1 Å². The Balaban J connectivity index is 0.000000451. The van der Waals surface area contributed by atoms with Crippen LogP contribution in [0.25, 0.3) is 0 Å². The van der Waals surface area contributed by atoms with Crippen LogP contribution in [0.2, 0.25) is 0 Å². The molecular weight excluding hydrogens is 431 g/mol. The summed E-state index contributed by atoms with van der Waals surface area (Å²) in [5.41, 5.74) is 1.81. The van der Waals surface area contributed by atoms with Crippen LogP contribution in [0.3, 0.4) is 0 Å². The van der Waals surface area contributed by atoms with Crippen LogP contribution in [-0.2, 0) is 16.1 Å². The van der Waals surface area contributed by atoms with Crippen molar-refractivity contribution in [1.82, 2.24) is 14.5 Å². The fraction of sp³-hybridized carbons (Fsp3) is 0.429. The average Bonchev–Trinajstić information content (AvgIpc) is 3.25. The number of benzene rings is 1. The van der Waals surface area contributed by atoms with Crippen molar-refractivity contribution in [2.24, 2.45) is 5.92 Å². The zero-order valence-electron chi connectivity index (χ0n) is 17.2. The number of aromatic nitrogens is 2. The van der Waals surface area contributed by atoms with Crippen LogP contribution in [0.5, 0.6) is 0 Å². The number of carbonyl (C=O) groups is 3. The lowest BCUT2D eigenvalue weighted by atomic mass is 9.93. The molecule has 1 aromatic carbocycles. The summed E-state index contributed by atoms with van der Waals surface area (Å²) in [7, 11) is 0. The van der Waals surface area contributed by atoms with E-state index in [9.17, 15) is 22.8 Å². The minimum atomic E-state index is -5.08. The maximum atomic E-state index is 12.7. The number of carboxylic acid groups (broad SMARTS) is 2. The Kier molecular flexibility index (Phi) is 8.80. The molecule has 1 atom stereocenters. The summed E-state index contributed by atoms with van der Waals surface area (Å²) in [6, 6.07) is 7.68. The first-order valence-electron chi connectivity index (χ1n) is 9.92. The van der Waals surface area contributed by atoms with Crippen LogP contribution in [0.4, 0.5) is 13.2 Å².